The quantitative estimate of drug-likeness (QED) is 0.632. The molecule has 0 aliphatic heterocycles. The summed E-state index contributed by atoms with van der Waals surface area (Å²) >= 11 is 0.521. The predicted octanol–water partition coefficient (Wildman–Crippen LogP) is 2.19. The zero-order chi connectivity index (χ0) is 8.27. The van der Waals surface area contributed by atoms with Gasteiger partial charge in [0.15, 0.2) is 0 Å². The van der Waals surface area contributed by atoms with Crippen molar-refractivity contribution in [3.05, 3.63) is 24.3 Å². The molecule has 2 nitrogen and oxygen atoms in total. The van der Waals surface area contributed by atoms with Crippen LogP contribution in [-0.4, -0.2) is 14.1 Å². The standard InChI is InChI=1S/C8H10NOS/c1-9(2)7-3-5-8(11-10)6-4-7/h3-6H,1-2H3. The molecule has 1 radical (unpaired) electrons. The van der Waals surface area contributed by atoms with Gasteiger partial charge in [0.2, 0.25) is 0 Å². The van der Waals surface area contributed by atoms with E-state index in [1.807, 2.05) is 43.3 Å². The fourth-order valence-electron chi connectivity index (χ4n) is 0.800. The van der Waals surface area contributed by atoms with Crippen molar-refractivity contribution in [2.24, 2.45) is 0 Å². The third-order valence-corrected chi connectivity index (χ3v) is 1.91. The van der Waals surface area contributed by atoms with Gasteiger partial charge in [-0.25, -0.2) is 0 Å². The first-order valence-corrected chi connectivity index (χ1v) is 4.05. The van der Waals surface area contributed by atoms with Gasteiger partial charge < -0.3 is 4.90 Å². The van der Waals surface area contributed by atoms with Crippen LogP contribution in [0.25, 0.3) is 0 Å². The first kappa shape index (κ1) is 8.43. The van der Waals surface area contributed by atoms with Gasteiger partial charge in [0, 0.05) is 24.7 Å². The minimum absolute atomic E-state index is 0.521. The highest BCUT2D eigenvalue weighted by molar-refractivity contribution is 7.93. The van der Waals surface area contributed by atoms with Crippen LogP contribution < -0.4 is 4.90 Å². The van der Waals surface area contributed by atoms with Crippen molar-refractivity contribution < 1.29 is 4.55 Å². The molecule has 0 bridgehead atoms. The Morgan fingerprint density at radius 2 is 1.73 bits per heavy atom. The molecule has 0 saturated carbocycles. The van der Waals surface area contributed by atoms with E-state index in [1.54, 1.807) is 0 Å². The lowest BCUT2D eigenvalue weighted by molar-refractivity contribution is 0.531. The van der Waals surface area contributed by atoms with Crippen LogP contribution in [0.5, 0.6) is 0 Å². The van der Waals surface area contributed by atoms with Gasteiger partial charge in [-0.15, -0.1) is 4.55 Å². The molecule has 0 unspecified atom stereocenters. The summed E-state index contributed by atoms with van der Waals surface area (Å²) in [5, 5.41) is 0. The summed E-state index contributed by atoms with van der Waals surface area (Å²) in [7, 11) is 3.94. The second kappa shape index (κ2) is 3.64. The van der Waals surface area contributed by atoms with Crippen molar-refractivity contribution in [1.82, 2.24) is 0 Å². The molecular weight excluding hydrogens is 158 g/mol. The fourth-order valence-corrected chi connectivity index (χ4v) is 1.05. The lowest BCUT2D eigenvalue weighted by Gasteiger charge is -2.11. The van der Waals surface area contributed by atoms with Gasteiger partial charge in [-0.05, 0) is 24.3 Å². The lowest BCUT2D eigenvalue weighted by Crippen LogP contribution is -2.07. The largest absolute Gasteiger partial charge is 0.378 e. The highest BCUT2D eigenvalue weighted by Gasteiger charge is 1.94. The predicted molar refractivity (Wildman–Crippen MR) is 47.3 cm³/mol. The van der Waals surface area contributed by atoms with Gasteiger partial charge in [-0.1, -0.05) is 0 Å². The summed E-state index contributed by atoms with van der Waals surface area (Å²) < 4.78 is 10.3. The summed E-state index contributed by atoms with van der Waals surface area (Å²) in [5.41, 5.74) is 1.11. The minimum atomic E-state index is 0.521. The summed E-state index contributed by atoms with van der Waals surface area (Å²) in [6.07, 6.45) is 0. The van der Waals surface area contributed by atoms with Crippen LogP contribution >= 0.6 is 12.0 Å². The second-order valence-corrected chi connectivity index (χ2v) is 3.11. The third kappa shape index (κ3) is 2.13. The molecule has 0 N–H and O–H groups in total. The van der Waals surface area contributed by atoms with Gasteiger partial charge in [0.05, 0.1) is 12.0 Å². The molecule has 0 amide bonds. The van der Waals surface area contributed by atoms with Crippen LogP contribution in [-0.2, 0) is 4.55 Å². The molecular formula is C8H10NOS. The van der Waals surface area contributed by atoms with E-state index in [4.69, 9.17) is 0 Å². The molecule has 1 aromatic carbocycles. The zero-order valence-corrected chi connectivity index (χ0v) is 7.39. The monoisotopic (exact) mass is 168 g/mol. The van der Waals surface area contributed by atoms with E-state index in [2.05, 4.69) is 0 Å². The maximum absolute atomic E-state index is 10.3. The summed E-state index contributed by atoms with van der Waals surface area (Å²) in [5.74, 6) is 0. The lowest BCUT2D eigenvalue weighted by atomic mass is 10.3. The molecule has 3 heteroatoms. The number of nitrogens with zero attached hydrogens (tertiary/aromatic N) is 1. The first-order valence-electron chi connectivity index (χ1n) is 3.31. The van der Waals surface area contributed by atoms with Gasteiger partial charge in [-0.2, -0.15) is 0 Å². The zero-order valence-electron chi connectivity index (χ0n) is 6.57. The van der Waals surface area contributed by atoms with Crippen molar-refractivity contribution in [2.45, 2.75) is 4.90 Å². The molecule has 11 heavy (non-hydrogen) atoms. The summed E-state index contributed by atoms with van der Waals surface area (Å²) in [4.78, 5) is 2.76. The van der Waals surface area contributed by atoms with E-state index >= 15 is 0 Å². The molecule has 0 atom stereocenters. The fraction of sp³-hybridized carbons (Fsp3) is 0.250. The van der Waals surface area contributed by atoms with Crippen LogP contribution in [0.3, 0.4) is 0 Å². The van der Waals surface area contributed by atoms with Crippen LogP contribution in [0.1, 0.15) is 0 Å². The normalized spacial score (nSPS) is 9.73. The topological polar surface area (TPSA) is 23.1 Å². The van der Waals surface area contributed by atoms with Gasteiger partial charge >= 0.3 is 0 Å². The summed E-state index contributed by atoms with van der Waals surface area (Å²) in [6, 6.07) is 7.51. The Balaban J connectivity index is 2.83. The van der Waals surface area contributed by atoms with E-state index < -0.39 is 0 Å². The van der Waals surface area contributed by atoms with E-state index in [-0.39, 0.29) is 0 Å². The van der Waals surface area contributed by atoms with Crippen molar-refractivity contribution in [3.8, 4) is 0 Å². The molecule has 1 aromatic rings. The number of hydrogen-bond acceptors (Lipinski definition) is 2. The van der Waals surface area contributed by atoms with Gasteiger partial charge in [0.1, 0.15) is 0 Å². The van der Waals surface area contributed by atoms with Crippen LogP contribution in [0, 0.1) is 0 Å². The Morgan fingerprint density at radius 1 is 1.18 bits per heavy atom. The number of rotatable bonds is 2. The van der Waals surface area contributed by atoms with E-state index in [1.165, 1.54) is 0 Å². The molecule has 0 aromatic heterocycles. The van der Waals surface area contributed by atoms with E-state index in [0.29, 0.717) is 12.0 Å². The van der Waals surface area contributed by atoms with Crippen LogP contribution in [0.15, 0.2) is 29.2 Å². The molecule has 59 valence electrons. The van der Waals surface area contributed by atoms with E-state index in [9.17, 15) is 4.55 Å². The number of anilines is 1. The van der Waals surface area contributed by atoms with Gasteiger partial charge in [0.25, 0.3) is 0 Å². The Kier molecular flexibility index (Phi) is 2.79. The average Bonchev–Trinajstić information content (AvgIpc) is 2.05. The summed E-state index contributed by atoms with van der Waals surface area (Å²) in [6.45, 7) is 0. The second-order valence-electron chi connectivity index (χ2n) is 2.47. The minimum Gasteiger partial charge on any atom is -0.378 e. The van der Waals surface area contributed by atoms with Crippen molar-refractivity contribution in [2.75, 3.05) is 19.0 Å². The van der Waals surface area contributed by atoms with Crippen molar-refractivity contribution in [3.63, 3.8) is 0 Å². The number of hydrogen-bond donors (Lipinski definition) is 0. The third-order valence-electron chi connectivity index (χ3n) is 1.45. The molecule has 0 aliphatic rings. The Morgan fingerprint density at radius 3 is 2.09 bits per heavy atom. The Bertz CT molecular complexity index is 220. The SMILES string of the molecule is CN(C)c1ccc(S[O])cc1. The highest BCUT2D eigenvalue weighted by atomic mass is 32.2. The van der Waals surface area contributed by atoms with Crippen molar-refractivity contribution in [1.29, 1.82) is 0 Å². The number of benzene rings is 1. The maximum atomic E-state index is 10.3. The maximum Gasteiger partial charge on any atom is 0.0695 e. The highest BCUT2D eigenvalue weighted by Crippen LogP contribution is 2.18. The smallest absolute Gasteiger partial charge is 0.0695 e. The molecule has 1 rings (SSSR count). The molecule has 0 saturated heterocycles. The van der Waals surface area contributed by atoms with Crippen LogP contribution in [0.4, 0.5) is 5.69 Å². The average molecular weight is 168 g/mol. The molecule has 0 spiro atoms. The molecule has 0 heterocycles. The van der Waals surface area contributed by atoms with Crippen molar-refractivity contribution >= 4 is 17.7 Å². The van der Waals surface area contributed by atoms with Crippen LogP contribution in [0.2, 0.25) is 0 Å². The molecule has 0 aliphatic carbocycles. The first-order chi connectivity index (χ1) is 5.24. The van der Waals surface area contributed by atoms with Gasteiger partial charge in [-0.3, -0.25) is 0 Å². The van der Waals surface area contributed by atoms with E-state index in [0.717, 1.165) is 10.6 Å². The Labute approximate surface area is 71.0 Å². The Hall–Kier alpha value is -0.670. The molecule has 0 fully saturated rings.